The average molecular weight is 184 g/mol. The molecule has 1 aliphatic rings. The lowest BCUT2D eigenvalue weighted by Gasteiger charge is -2.11. The maximum atomic E-state index is 10.7. The fourth-order valence-electron chi connectivity index (χ4n) is 1.55. The first-order valence-corrected chi connectivity index (χ1v) is 4.28. The standard InChI is InChI=1S/C7H12N4O2/c12-5-1-2-11(3-5)4-6-8-7(13)10-9-6/h5,12H,1-4H2,(H2,8,9,10,13)/t5-/m0/s1. The van der Waals surface area contributed by atoms with Gasteiger partial charge >= 0.3 is 5.69 Å². The third-order valence-electron chi connectivity index (χ3n) is 2.17. The van der Waals surface area contributed by atoms with E-state index in [-0.39, 0.29) is 11.8 Å². The number of aliphatic hydroxyl groups excluding tert-OH is 1. The fraction of sp³-hybridized carbons (Fsp3) is 0.714. The summed E-state index contributed by atoms with van der Waals surface area (Å²) in [5, 5.41) is 15.3. The highest BCUT2D eigenvalue weighted by molar-refractivity contribution is 4.84. The van der Waals surface area contributed by atoms with E-state index in [2.05, 4.69) is 20.1 Å². The Labute approximate surface area is 74.6 Å². The number of β-amino-alcohol motifs (C(OH)–C–C–N with tert-alkyl or cyclic N) is 1. The van der Waals surface area contributed by atoms with Gasteiger partial charge in [-0.1, -0.05) is 0 Å². The molecule has 1 fully saturated rings. The van der Waals surface area contributed by atoms with Crippen molar-refractivity contribution in [1.82, 2.24) is 20.1 Å². The summed E-state index contributed by atoms with van der Waals surface area (Å²) in [5.41, 5.74) is -0.283. The molecule has 6 nitrogen and oxygen atoms in total. The van der Waals surface area contributed by atoms with E-state index in [9.17, 15) is 9.90 Å². The molecule has 0 spiro atoms. The lowest BCUT2D eigenvalue weighted by atomic mass is 10.3. The first kappa shape index (κ1) is 8.46. The quantitative estimate of drug-likeness (QED) is 0.531. The Morgan fingerprint density at radius 2 is 2.54 bits per heavy atom. The summed E-state index contributed by atoms with van der Waals surface area (Å²) in [6.07, 6.45) is 0.569. The van der Waals surface area contributed by atoms with Crippen molar-refractivity contribution < 1.29 is 5.11 Å². The first-order valence-electron chi connectivity index (χ1n) is 4.28. The van der Waals surface area contributed by atoms with Gasteiger partial charge in [0.15, 0.2) is 0 Å². The van der Waals surface area contributed by atoms with Crippen LogP contribution in [0.15, 0.2) is 4.79 Å². The number of nitrogens with zero attached hydrogens (tertiary/aromatic N) is 2. The van der Waals surface area contributed by atoms with E-state index in [1.807, 2.05) is 0 Å². The minimum atomic E-state index is -0.283. The number of aliphatic hydroxyl groups is 1. The maximum Gasteiger partial charge on any atom is 0.340 e. The molecule has 2 rings (SSSR count). The van der Waals surface area contributed by atoms with Crippen LogP contribution in [0, 0.1) is 0 Å². The summed E-state index contributed by atoms with van der Waals surface area (Å²) < 4.78 is 0. The number of rotatable bonds is 2. The molecule has 6 heteroatoms. The zero-order valence-corrected chi connectivity index (χ0v) is 7.16. The van der Waals surface area contributed by atoms with Gasteiger partial charge in [0.25, 0.3) is 0 Å². The Bertz CT molecular complexity index is 331. The minimum Gasteiger partial charge on any atom is -0.392 e. The summed E-state index contributed by atoms with van der Waals surface area (Å²) in [6, 6.07) is 0. The third kappa shape index (κ3) is 1.96. The van der Waals surface area contributed by atoms with Crippen molar-refractivity contribution in [2.75, 3.05) is 13.1 Å². The van der Waals surface area contributed by atoms with Gasteiger partial charge in [-0.05, 0) is 6.42 Å². The molecule has 2 heterocycles. The molecule has 0 saturated carbocycles. The molecule has 1 aliphatic heterocycles. The second-order valence-corrected chi connectivity index (χ2v) is 3.30. The molecule has 1 aromatic rings. The molecule has 13 heavy (non-hydrogen) atoms. The van der Waals surface area contributed by atoms with Crippen LogP contribution in [0.3, 0.4) is 0 Å². The largest absolute Gasteiger partial charge is 0.392 e. The Balaban J connectivity index is 1.95. The van der Waals surface area contributed by atoms with Gasteiger partial charge in [0.1, 0.15) is 5.82 Å². The lowest BCUT2D eigenvalue weighted by Crippen LogP contribution is -2.22. The van der Waals surface area contributed by atoms with Gasteiger partial charge in [-0.2, -0.15) is 5.10 Å². The van der Waals surface area contributed by atoms with Crippen LogP contribution in [0.1, 0.15) is 12.2 Å². The van der Waals surface area contributed by atoms with Gasteiger partial charge in [-0.25, -0.2) is 9.89 Å². The van der Waals surface area contributed by atoms with Crippen LogP contribution in [0.2, 0.25) is 0 Å². The first-order chi connectivity index (χ1) is 6.24. The van der Waals surface area contributed by atoms with Gasteiger partial charge in [0, 0.05) is 13.1 Å². The van der Waals surface area contributed by atoms with Crippen LogP contribution in [0.25, 0.3) is 0 Å². The zero-order chi connectivity index (χ0) is 9.26. The van der Waals surface area contributed by atoms with E-state index in [0.29, 0.717) is 18.9 Å². The van der Waals surface area contributed by atoms with Crippen LogP contribution in [-0.4, -0.2) is 44.4 Å². The number of H-pyrrole nitrogens is 2. The molecule has 0 aliphatic carbocycles. The van der Waals surface area contributed by atoms with E-state index >= 15 is 0 Å². The van der Waals surface area contributed by atoms with E-state index in [0.717, 1.165) is 13.0 Å². The van der Waals surface area contributed by atoms with Gasteiger partial charge < -0.3 is 5.11 Å². The fourth-order valence-corrected chi connectivity index (χ4v) is 1.55. The molecular weight excluding hydrogens is 172 g/mol. The van der Waals surface area contributed by atoms with E-state index < -0.39 is 0 Å². The van der Waals surface area contributed by atoms with E-state index in [1.165, 1.54) is 0 Å². The number of aromatic amines is 2. The van der Waals surface area contributed by atoms with Crippen LogP contribution >= 0.6 is 0 Å². The van der Waals surface area contributed by atoms with Crippen molar-refractivity contribution in [3.8, 4) is 0 Å². The predicted octanol–water partition coefficient (Wildman–Crippen LogP) is -1.34. The second-order valence-electron chi connectivity index (χ2n) is 3.30. The van der Waals surface area contributed by atoms with Crippen LogP contribution in [0.5, 0.6) is 0 Å². The number of likely N-dealkylation sites (tertiary alicyclic amines) is 1. The zero-order valence-electron chi connectivity index (χ0n) is 7.16. The van der Waals surface area contributed by atoms with Crippen molar-refractivity contribution in [3.05, 3.63) is 16.3 Å². The SMILES string of the molecule is O=c1[nH]nc(CN2CC[C@H](O)C2)[nH]1. The second kappa shape index (κ2) is 3.31. The Hall–Kier alpha value is -1.14. The summed E-state index contributed by atoms with van der Waals surface area (Å²) in [6.45, 7) is 2.11. The van der Waals surface area contributed by atoms with Gasteiger partial charge in [-0.15, -0.1) is 0 Å². The topological polar surface area (TPSA) is 85.0 Å². The third-order valence-corrected chi connectivity index (χ3v) is 2.17. The summed E-state index contributed by atoms with van der Waals surface area (Å²) in [4.78, 5) is 15.3. The highest BCUT2D eigenvalue weighted by Crippen LogP contribution is 2.10. The Morgan fingerprint density at radius 1 is 1.69 bits per heavy atom. The highest BCUT2D eigenvalue weighted by Gasteiger charge is 2.20. The molecular formula is C7H12N4O2. The Morgan fingerprint density at radius 3 is 3.08 bits per heavy atom. The molecule has 0 unspecified atom stereocenters. The summed E-state index contributed by atoms with van der Waals surface area (Å²) in [7, 11) is 0. The summed E-state index contributed by atoms with van der Waals surface area (Å²) >= 11 is 0. The van der Waals surface area contributed by atoms with Crippen LogP contribution < -0.4 is 5.69 Å². The molecule has 0 radical (unpaired) electrons. The molecule has 1 aromatic heterocycles. The number of hydrogen-bond acceptors (Lipinski definition) is 4. The smallest absolute Gasteiger partial charge is 0.340 e. The molecule has 1 saturated heterocycles. The van der Waals surface area contributed by atoms with Gasteiger partial charge in [0.05, 0.1) is 12.6 Å². The van der Waals surface area contributed by atoms with Crippen molar-refractivity contribution >= 4 is 0 Å². The monoisotopic (exact) mass is 184 g/mol. The van der Waals surface area contributed by atoms with Crippen molar-refractivity contribution in [2.24, 2.45) is 0 Å². The number of hydrogen-bond donors (Lipinski definition) is 3. The molecule has 3 N–H and O–H groups in total. The molecule has 0 amide bonds. The van der Waals surface area contributed by atoms with Crippen molar-refractivity contribution in [1.29, 1.82) is 0 Å². The molecule has 1 atom stereocenters. The van der Waals surface area contributed by atoms with E-state index in [1.54, 1.807) is 0 Å². The van der Waals surface area contributed by atoms with E-state index in [4.69, 9.17) is 0 Å². The minimum absolute atomic E-state index is 0.231. The Kier molecular flexibility index (Phi) is 2.15. The van der Waals surface area contributed by atoms with Crippen LogP contribution in [0.4, 0.5) is 0 Å². The molecule has 0 bridgehead atoms. The van der Waals surface area contributed by atoms with Crippen molar-refractivity contribution in [3.63, 3.8) is 0 Å². The van der Waals surface area contributed by atoms with Crippen LogP contribution in [-0.2, 0) is 6.54 Å². The summed E-state index contributed by atoms with van der Waals surface area (Å²) in [5.74, 6) is 0.624. The highest BCUT2D eigenvalue weighted by atomic mass is 16.3. The lowest BCUT2D eigenvalue weighted by molar-refractivity contribution is 0.174. The molecule has 72 valence electrons. The number of nitrogens with one attached hydrogen (secondary N) is 2. The van der Waals surface area contributed by atoms with Crippen molar-refractivity contribution in [2.45, 2.75) is 19.1 Å². The maximum absolute atomic E-state index is 10.7. The predicted molar refractivity (Wildman–Crippen MR) is 45.1 cm³/mol. The number of aromatic nitrogens is 3. The van der Waals surface area contributed by atoms with Gasteiger partial charge in [0.2, 0.25) is 0 Å². The molecule has 0 aromatic carbocycles. The van der Waals surface area contributed by atoms with Gasteiger partial charge in [-0.3, -0.25) is 9.88 Å². The average Bonchev–Trinajstić information content (AvgIpc) is 2.62. The normalized spacial score (nSPS) is 23.9.